The number of aromatic nitrogens is 1. The van der Waals surface area contributed by atoms with Crippen LogP contribution in [0.3, 0.4) is 0 Å². The van der Waals surface area contributed by atoms with Crippen LogP contribution in [0.5, 0.6) is 0 Å². The number of hydrogen-bond acceptors (Lipinski definition) is 6. The Morgan fingerprint density at radius 1 is 1.25 bits per heavy atom. The van der Waals surface area contributed by atoms with Gasteiger partial charge in [0, 0.05) is 42.9 Å². The highest BCUT2D eigenvalue weighted by atomic mass is 19.1. The van der Waals surface area contributed by atoms with Gasteiger partial charge >= 0.3 is 6.09 Å². The summed E-state index contributed by atoms with van der Waals surface area (Å²) >= 11 is 0. The molecule has 0 saturated carbocycles. The maximum atomic E-state index is 14.9. The van der Waals surface area contributed by atoms with Gasteiger partial charge < -0.3 is 20.3 Å². The third-order valence-corrected chi connectivity index (χ3v) is 6.01. The first kappa shape index (κ1) is 22.0. The molecule has 2 saturated heterocycles. The molecule has 0 spiro atoms. The van der Waals surface area contributed by atoms with Crippen LogP contribution < -0.4 is 20.4 Å². The normalized spacial score (nSPS) is 19.2. The Morgan fingerprint density at radius 3 is 2.66 bits per heavy atom. The number of halogens is 1. The predicted molar refractivity (Wildman–Crippen MR) is 120 cm³/mol. The minimum Gasteiger partial charge on any atom is -0.423 e. The van der Waals surface area contributed by atoms with Crippen molar-refractivity contribution < 1.29 is 18.7 Å². The second-order valence-corrected chi connectivity index (χ2v) is 8.02. The summed E-state index contributed by atoms with van der Waals surface area (Å²) < 4.78 is 20.1. The fourth-order valence-electron chi connectivity index (χ4n) is 4.07. The van der Waals surface area contributed by atoms with Crippen LogP contribution in [0.4, 0.5) is 20.7 Å². The highest BCUT2D eigenvalue weighted by molar-refractivity contribution is 5.90. The monoisotopic (exact) mass is 441 g/mol. The number of carbonyl (C=O) groups excluding carboxylic acids is 2. The molecule has 1 unspecified atom stereocenters. The van der Waals surface area contributed by atoms with E-state index >= 15 is 0 Å². The van der Waals surface area contributed by atoms with Crippen molar-refractivity contribution in [1.82, 2.24) is 15.6 Å². The zero-order valence-electron chi connectivity index (χ0n) is 18.3. The van der Waals surface area contributed by atoms with E-state index < -0.39 is 18.1 Å². The summed E-state index contributed by atoms with van der Waals surface area (Å²) in [7, 11) is 1.99. The van der Waals surface area contributed by atoms with Gasteiger partial charge in [-0.2, -0.15) is 0 Å². The molecule has 1 atom stereocenters. The Hall–Kier alpha value is -3.20. The van der Waals surface area contributed by atoms with E-state index in [1.54, 1.807) is 25.3 Å². The number of pyridine rings is 1. The third-order valence-electron chi connectivity index (χ3n) is 6.01. The Balaban J connectivity index is 1.44. The van der Waals surface area contributed by atoms with Crippen LogP contribution in [0.15, 0.2) is 36.5 Å². The smallest absolute Gasteiger partial charge is 0.416 e. The van der Waals surface area contributed by atoms with Crippen LogP contribution in [0.25, 0.3) is 11.1 Å². The molecule has 2 aliphatic heterocycles. The Bertz CT molecular complexity index is 976. The van der Waals surface area contributed by atoms with Crippen LogP contribution in [-0.4, -0.2) is 55.9 Å². The van der Waals surface area contributed by atoms with Gasteiger partial charge in [-0.05, 0) is 50.2 Å². The largest absolute Gasteiger partial charge is 0.423 e. The van der Waals surface area contributed by atoms with Gasteiger partial charge in [-0.3, -0.25) is 9.69 Å². The Morgan fingerprint density at radius 2 is 2.03 bits per heavy atom. The lowest BCUT2D eigenvalue weighted by Crippen LogP contribution is -2.41. The topological polar surface area (TPSA) is 86.8 Å². The molecule has 3 heterocycles. The van der Waals surface area contributed by atoms with Gasteiger partial charge in [0.25, 0.3) is 0 Å². The number of anilines is 2. The molecule has 32 heavy (non-hydrogen) atoms. The van der Waals surface area contributed by atoms with Gasteiger partial charge in [0.2, 0.25) is 5.91 Å². The molecule has 2 N–H and O–H groups in total. The summed E-state index contributed by atoms with van der Waals surface area (Å²) in [5.41, 5.74) is 1.45. The lowest BCUT2D eigenvalue weighted by molar-refractivity contribution is -0.123. The highest BCUT2D eigenvalue weighted by Crippen LogP contribution is 2.29. The van der Waals surface area contributed by atoms with Crippen molar-refractivity contribution in [3.8, 4) is 11.1 Å². The van der Waals surface area contributed by atoms with Crippen LogP contribution in [0, 0.1) is 5.82 Å². The molecule has 2 aliphatic rings. The van der Waals surface area contributed by atoms with Gasteiger partial charge in [0.05, 0.1) is 12.2 Å². The van der Waals surface area contributed by atoms with Gasteiger partial charge in [-0.25, -0.2) is 14.2 Å². The zero-order valence-corrected chi connectivity index (χ0v) is 18.3. The van der Waals surface area contributed by atoms with E-state index in [2.05, 4.69) is 20.5 Å². The van der Waals surface area contributed by atoms with Crippen LogP contribution >= 0.6 is 0 Å². The number of cyclic esters (lactones) is 1. The summed E-state index contributed by atoms with van der Waals surface area (Å²) in [5.74, 6) is 0.217. The molecule has 2 aromatic rings. The molecule has 1 aromatic carbocycles. The molecule has 4 rings (SSSR count). The van der Waals surface area contributed by atoms with E-state index in [0.717, 1.165) is 31.7 Å². The quantitative estimate of drug-likeness (QED) is 0.717. The lowest BCUT2D eigenvalue weighted by Gasteiger charge is -2.32. The highest BCUT2D eigenvalue weighted by Gasteiger charge is 2.33. The van der Waals surface area contributed by atoms with Crippen molar-refractivity contribution >= 4 is 23.5 Å². The maximum Gasteiger partial charge on any atom is 0.416 e. The van der Waals surface area contributed by atoms with Gasteiger partial charge in [0.15, 0.2) is 6.23 Å². The molecule has 8 nitrogen and oxygen atoms in total. The van der Waals surface area contributed by atoms with Crippen molar-refractivity contribution in [2.24, 2.45) is 0 Å². The van der Waals surface area contributed by atoms with Gasteiger partial charge in [0.1, 0.15) is 11.6 Å². The molecule has 170 valence electrons. The molecule has 0 aliphatic carbocycles. The number of piperidine rings is 1. The number of ether oxygens (including phenoxy) is 1. The van der Waals surface area contributed by atoms with Crippen LogP contribution in [0.1, 0.15) is 26.2 Å². The van der Waals surface area contributed by atoms with Crippen molar-refractivity contribution in [2.45, 2.75) is 38.5 Å². The second kappa shape index (κ2) is 9.52. The fraction of sp³-hybridized carbons (Fsp3) is 0.435. The number of hydrogen-bond donors (Lipinski definition) is 2. The van der Waals surface area contributed by atoms with E-state index in [9.17, 15) is 14.0 Å². The summed E-state index contributed by atoms with van der Waals surface area (Å²) in [6.07, 6.45) is 2.74. The fourth-order valence-corrected chi connectivity index (χ4v) is 4.07. The number of nitrogens with zero attached hydrogens (tertiary/aromatic N) is 3. The minimum absolute atomic E-state index is 0.129. The lowest BCUT2D eigenvalue weighted by atomic mass is 10.0. The van der Waals surface area contributed by atoms with E-state index in [0.29, 0.717) is 29.3 Å². The first-order chi connectivity index (χ1) is 15.5. The maximum absolute atomic E-state index is 14.9. The summed E-state index contributed by atoms with van der Waals surface area (Å²) in [6, 6.07) is 8.93. The molecule has 9 heteroatoms. The van der Waals surface area contributed by atoms with Crippen LogP contribution in [0.2, 0.25) is 0 Å². The van der Waals surface area contributed by atoms with Gasteiger partial charge in [-0.15, -0.1) is 0 Å². The second-order valence-electron chi connectivity index (χ2n) is 8.02. The predicted octanol–water partition coefficient (Wildman–Crippen LogP) is 2.88. The van der Waals surface area contributed by atoms with E-state index in [1.165, 1.54) is 11.0 Å². The standard InChI is InChI=1S/C23H28FN5O3/c1-3-21(30)27-22-14-29(23(31)32-22)17-5-6-18(19(24)12-17)15-4-7-20(26-13-15)28-10-8-16(25-2)9-11-28/h4-7,12-13,16,22,25H,3,8-11,14H2,1-2H3,(H,27,30). The van der Waals surface area contributed by atoms with Crippen molar-refractivity contribution in [1.29, 1.82) is 0 Å². The molecule has 0 radical (unpaired) electrons. The first-order valence-electron chi connectivity index (χ1n) is 10.9. The van der Waals surface area contributed by atoms with E-state index in [4.69, 9.17) is 4.74 Å². The van der Waals surface area contributed by atoms with E-state index in [1.807, 2.05) is 19.2 Å². The first-order valence-corrected chi connectivity index (χ1v) is 10.9. The molecular formula is C23H28FN5O3. The Kier molecular flexibility index (Phi) is 6.55. The third kappa shape index (κ3) is 4.67. The molecular weight excluding hydrogens is 413 g/mol. The molecule has 2 amide bonds. The number of nitrogens with one attached hydrogen (secondary N) is 2. The number of rotatable bonds is 6. The Labute approximate surface area is 186 Å². The summed E-state index contributed by atoms with van der Waals surface area (Å²) in [5, 5.41) is 5.93. The average Bonchev–Trinajstić information content (AvgIpc) is 3.19. The average molecular weight is 442 g/mol. The SMILES string of the molecule is CCC(=O)NC1CN(c2ccc(-c3ccc(N4CCC(NC)CC4)nc3)c(F)c2)C(=O)O1. The van der Waals surface area contributed by atoms with E-state index in [-0.39, 0.29) is 12.5 Å². The number of carbonyl (C=O) groups is 2. The molecule has 2 fully saturated rings. The van der Waals surface area contributed by atoms with Crippen molar-refractivity contribution in [2.75, 3.05) is 36.5 Å². The minimum atomic E-state index is -0.743. The number of amides is 2. The summed E-state index contributed by atoms with van der Waals surface area (Å²) in [6.45, 7) is 3.72. The van der Waals surface area contributed by atoms with Crippen molar-refractivity contribution in [3.63, 3.8) is 0 Å². The van der Waals surface area contributed by atoms with Crippen LogP contribution in [-0.2, 0) is 9.53 Å². The number of benzene rings is 1. The molecule has 0 bridgehead atoms. The van der Waals surface area contributed by atoms with Gasteiger partial charge in [-0.1, -0.05) is 6.92 Å². The zero-order chi connectivity index (χ0) is 22.7. The van der Waals surface area contributed by atoms with Crippen molar-refractivity contribution in [3.05, 3.63) is 42.3 Å². The molecule has 1 aromatic heterocycles. The summed E-state index contributed by atoms with van der Waals surface area (Å²) in [4.78, 5) is 31.8.